The molecule has 1 aliphatic heterocycles. The van der Waals surface area contributed by atoms with Gasteiger partial charge in [-0.3, -0.25) is 9.36 Å². The van der Waals surface area contributed by atoms with Crippen molar-refractivity contribution in [3.05, 3.63) is 55.6 Å². The fourth-order valence-corrected chi connectivity index (χ4v) is 5.79. The van der Waals surface area contributed by atoms with E-state index in [-0.39, 0.29) is 18.3 Å². The molecule has 1 fully saturated rings. The average Bonchev–Trinajstić information content (AvgIpc) is 3.38. The lowest BCUT2D eigenvalue weighted by molar-refractivity contribution is 0.0531. The molecular weight excluding hydrogens is 456 g/mol. The van der Waals surface area contributed by atoms with Gasteiger partial charge in [-0.05, 0) is 49.9 Å². The van der Waals surface area contributed by atoms with Crippen molar-refractivity contribution in [2.24, 2.45) is 0 Å². The lowest BCUT2D eigenvalue weighted by Gasteiger charge is -2.16. The Balaban J connectivity index is 1.74. The van der Waals surface area contributed by atoms with Crippen LogP contribution < -0.4 is 5.56 Å². The summed E-state index contributed by atoms with van der Waals surface area (Å²) >= 11 is 8.70. The second-order valence-corrected chi connectivity index (χ2v) is 9.70. The summed E-state index contributed by atoms with van der Waals surface area (Å²) in [6.45, 7) is 5.00. The van der Waals surface area contributed by atoms with Crippen LogP contribution in [-0.4, -0.2) is 34.8 Å². The molecule has 0 N–H and O–H groups in total. The fourth-order valence-electron chi connectivity index (χ4n) is 3.58. The van der Waals surface area contributed by atoms with Crippen LogP contribution in [0.5, 0.6) is 0 Å². The number of carbonyl (C=O) groups excluding carboxylic acids is 1. The van der Waals surface area contributed by atoms with Crippen LogP contribution in [0.15, 0.2) is 34.2 Å². The Labute approximate surface area is 193 Å². The minimum atomic E-state index is -0.413. The second kappa shape index (κ2) is 9.73. The normalized spacial score (nSPS) is 16.2. The quantitative estimate of drug-likeness (QED) is 0.268. The highest BCUT2D eigenvalue weighted by Gasteiger charge is 2.25. The molecule has 164 valence electrons. The summed E-state index contributed by atoms with van der Waals surface area (Å²) in [6.07, 6.45) is 1.91. The van der Waals surface area contributed by atoms with E-state index in [9.17, 15) is 9.59 Å². The molecular formula is C22H23ClN2O4S2. The van der Waals surface area contributed by atoms with Crippen LogP contribution in [0.1, 0.15) is 40.6 Å². The van der Waals surface area contributed by atoms with Gasteiger partial charge in [0.2, 0.25) is 0 Å². The Morgan fingerprint density at radius 1 is 1.39 bits per heavy atom. The number of ether oxygens (including phenoxy) is 2. The lowest BCUT2D eigenvalue weighted by Crippen LogP contribution is -2.28. The highest BCUT2D eigenvalue weighted by molar-refractivity contribution is 7.98. The number of thiophene rings is 1. The number of halogens is 1. The highest BCUT2D eigenvalue weighted by Crippen LogP contribution is 2.31. The first kappa shape index (κ1) is 22.3. The minimum Gasteiger partial charge on any atom is -0.462 e. The largest absolute Gasteiger partial charge is 0.462 e. The van der Waals surface area contributed by atoms with Crippen molar-refractivity contribution in [1.82, 2.24) is 9.55 Å². The molecule has 31 heavy (non-hydrogen) atoms. The number of hydrogen-bond donors (Lipinski definition) is 0. The van der Waals surface area contributed by atoms with Crippen molar-refractivity contribution in [3.63, 3.8) is 0 Å². The molecule has 2 aromatic heterocycles. The first-order valence-electron chi connectivity index (χ1n) is 10.2. The summed E-state index contributed by atoms with van der Waals surface area (Å²) < 4.78 is 12.6. The van der Waals surface area contributed by atoms with Crippen molar-refractivity contribution in [1.29, 1.82) is 0 Å². The number of esters is 1. The van der Waals surface area contributed by atoms with Gasteiger partial charge in [0.15, 0.2) is 5.16 Å². The number of aromatic nitrogens is 2. The third kappa shape index (κ3) is 4.82. The predicted octanol–water partition coefficient (Wildman–Crippen LogP) is 5.07. The smallest absolute Gasteiger partial charge is 0.348 e. The van der Waals surface area contributed by atoms with Gasteiger partial charge in [-0.1, -0.05) is 35.5 Å². The maximum absolute atomic E-state index is 13.5. The molecule has 1 unspecified atom stereocenters. The minimum absolute atomic E-state index is 0.00435. The Morgan fingerprint density at radius 2 is 2.16 bits per heavy atom. The maximum Gasteiger partial charge on any atom is 0.348 e. The molecule has 0 bridgehead atoms. The number of hydrogen-bond acceptors (Lipinski definition) is 7. The van der Waals surface area contributed by atoms with Crippen LogP contribution in [-0.2, 0) is 21.8 Å². The standard InChI is InChI=1S/C22H23ClN2O4S2/c1-3-28-21(27)18-13(2)17-19(31-18)24-22(30-12-14-6-8-15(23)9-7-14)25(20(17)26)11-16-5-4-10-29-16/h6-9,16H,3-5,10-12H2,1-2H3. The van der Waals surface area contributed by atoms with Crippen molar-refractivity contribution < 1.29 is 14.3 Å². The van der Waals surface area contributed by atoms with E-state index in [1.54, 1.807) is 18.4 Å². The molecule has 0 radical (unpaired) electrons. The summed E-state index contributed by atoms with van der Waals surface area (Å²) in [5.74, 6) is 0.235. The highest BCUT2D eigenvalue weighted by atomic mass is 35.5. The molecule has 1 aromatic carbocycles. The van der Waals surface area contributed by atoms with Crippen LogP contribution in [0.4, 0.5) is 0 Å². The molecule has 3 aromatic rings. The Kier molecular flexibility index (Phi) is 7.01. The number of nitrogens with zero attached hydrogens (tertiary/aromatic N) is 2. The maximum atomic E-state index is 13.5. The van der Waals surface area contributed by atoms with Crippen LogP contribution >= 0.6 is 34.7 Å². The summed E-state index contributed by atoms with van der Waals surface area (Å²) in [5, 5.41) is 1.80. The number of carbonyl (C=O) groups is 1. The topological polar surface area (TPSA) is 70.4 Å². The zero-order valence-electron chi connectivity index (χ0n) is 17.4. The van der Waals surface area contributed by atoms with E-state index in [2.05, 4.69) is 0 Å². The van der Waals surface area contributed by atoms with Crippen molar-refractivity contribution in [2.45, 2.75) is 50.2 Å². The van der Waals surface area contributed by atoms with Gasteiger partial charge in [0.05, 0.1) is 24.6 Å². The zero-order chi connectivity index (χ0) is 22.0. The summed E-state index contributed by atoms with van der Waals surface area (Å²) in [7, 11) is 0. The Hall–Kier alpha value is -1.87. The van der Waals surface area contributed by atoms with Gasteiger partial charge in [-0.15, -0.1) is 11.3 Å². The molecule has 4 rings (SSSR count). The van der Waals surface area contributed by atoms with E-state index in [4.69, 9.17) is 26.1 Å². The van der Waals surface area contributed by atoms with Crippen LogP contribution in [0.3, 0.4) is 0 Å². The molecule has 3 heterocycles. The number of fused-ring (bicyclic) bond motifs is 1. The van der Waals surface area contributed by atoms with Gasteiger partial charge < -0.3 is 9.47 Å². The summed E-state index contributed by atoms with van der Waals surface area (Å²) in [5.41, 5.74) is 1.58. The molecule has 0 saturated carbocycles. The molecule has 0 spiro atoms. The number of thioether (sulfide) groups is 1. The zero-order valence-corrected chi connectivity index (χ0v) is 19.7. The molecule has 0 aliphatic carbocycles. The van der Waals surface area contributed by atoms with Crippen LogP contribution in [0.25, 0.3) is 10.2 Å². The average molecular weight is 479 g/mol. The number of rotatable bonds is 7. The molecule has 9 heteroatoms. The molecule has 1 atom stereocenters. The number of benzene rings is 1. The first-order chi connectivity index (χ1) is 15.0. The molecule has 0 amide bonds. The van der Waals surface area contributed by atoms with E-state index in [1.807, 2.05) is 24.3 Å². The molecule has 6 nitrogen and oxygen atoms in total. The number of aryl methyl sites for hydroxylation is 1. The van der Waals surface area contributed by atoms with E-state index in [0.717, 1.165) is 18.4 Å². The Morgan fingerprint density at radius 3 is 2.84 bits per heavy atom. The van der Waals surface area contributed by atoms with Crippen LogP contribution in [0.2, 0.25) is 5.02 Å². The monoisotopic (exact) mass is 478 g/mol. The van der Waals surface area contributed by atoms with E-state index in [0.29, 0.717) is 49.7 Å². The van der Waals surface area contributed by atoms with Crippen molar-refractivity contribution in [3.8, 4) is 0 Å². The molecule has 1 saturated heterocycles. The van der Waals surface area contributed by atoms with Gasteiger partial charge in [0.1, 0.15) is 9.71 Å². The summed E-state index contributed by atoms with van der Waals surface area (Å²) in [4.78, 5) is 31.6. The third-order valence-electron chi connectivity index (χ3n) is 5.17. The molecule has 1 aliphatic rings. The Bertz CT molecular complexity index is 1150. The van der Waals surface area contributed by atoms with Crippen LogP contribution in [0, 0.1) is 6.92 Å². The van der Waals surface area contributed by atoms with E-state index < -0.39 is 5.97 Å². The van der Waals surface area contributed by atoms with Gasteiger partial charge in [0.25, 0.3) is 5.56 Å². The predicted molar refractivity (Wildman–Crippen MR) is 125 cm³/mol. The van der Waals surface area contributed by atoms with Gasteiger partial charge >= 0.3 is 5.97 Å². The van der Waals surface area contributed by atoms with E-state index >= 15 is 0 Å². The van der Waals surface area contributed by atoms with E-state index in [1.165, 1.54) is 23.1 Å². The third-order valence-corrected chi connectivity index (χ3v) is 7.63. The second-order valence-electron chi connectivity index (χ2n) is 7.32. The van der Waals surface area contributed by atoms with Gasteiger partial charge in [-0.2, -0.15) is 0 Å². The first-order valence-corrected chi connectivity index (χ1v) is 12.4. The van der Waals surface area contributed by atoms with Gasteiger partial charge in [0, 0.05) is 17.4 Å². The van der Waals surface area contributed by atoms with Crippen molar-refractivity contribution in [2.75, 3.05) is 13.2 Å². The summed E-state index contributed by atoms with van der Waals surface area (Å²) in [6, 6.07) is 7.62. The lowest BCUT2D eigenvalue weighted by atomic mass is 10.2. The van der Waals surface area contributed by atoms with Crippen molar-refractivity contribution >= 4 is 50.9 Å². The fraction of sp³-hybridized carbons (Fsp3) is 0.409. The SMILES string of the molecule is CCOC(=O)c1sc2nc(SCc3ccc(Cl)cc3)n(CC3CCCO3)c(=O)c2c1C. The van der Waals surface area contributed by atoms with Gasteiger partial charge in [-0.25, -0.2) is 9.78 Å².